The molecule has 0 aliphatic heterocycles. The van der Waals surface area contributed by atoms with Crippen LogP contribution < -0.4 is 19.5 Å². The molecule has 1 amide bonds. The first kappa shape index (κ1) is 24.2. The molecule has 0 heterocycles. The summed E-state index contributed by atoms with van der Waals surface area (Å²) in [5.74, 6) is 1.54. The van der Waals surface area contributed by atoms with Gasteiger partial charge in [0, 0.05) is 36.8 Å². The summed E-state index contributed by atoms with van der Waals surface area (Å²) in [7, 11) is 6.53. The molecule has 4 aliphatic rings. The molecule has 2 fully saturated rings. The molecule has 1 N–H and O–H groups in total. The van der Waals surface area contributed by atoms with Crippen molar-refractivity contribution in [3.63, 3.8) is 0 Å². The fourth-order valence-corrected chi connectivity index (χ4v) is 8.12. The number of carbonyl (C=O) groups excluding carboxylic acids is 2. The molecule has 5 unspecified atom stereocenters. The van der Waals surface area contributed by atoms with Crippen molar-refractivity contribution in [3.8, 4) is 17.2 Å². The van der Waals surface area contributed by atoms with Gasteiger partial charge in [0.2, 0.25) is 11.7 Å². The SMILES string of the molecule is COc1cc2c(c(OC)c1OC)C1=C(C(NC(C)=O)CC2)C2C(=O)C3(OC)C(C12)C(C)(C)C3(C)C. The highest BCUT2D eigenvalue weighted by Gasteiger charge is 2.84. The third kappa shape index (κ3) is 2.55. The highest BCUT2D eigenvalue weighted by molar-refractivity contribution is 6.07. The lowest BCUT2D eigenvalue weighted by molar-refractivity contribution is -0.279. The lowest BCUT2D eigenvalue weighted by atomic mass is 9.37. The van der Waals surface area contributed by atoms with Crippen molar-refractivity contribution in [3.05, 3.63) is 22.8 Å². The third-order valence-corrected chi connectivity index (χ3v) is 10.1. The lowest BCUT2D eigenvalue weighted by Crippen LogP contribution is -2.74. The van der Waals surface area contributed by atoms with Gasteiger partial charge in [-0.25, -0.2) is 0 Å². The molecule has 2 saturated carbocycles. The van der Waals surface area contributed by atoms with Crippen molar-refractivity contribution in [2.45, 2.75) is 59.1 Å². The molecule has 5 rings (SSSR count). The van der Waals surface area contributed by atoms with E-state index in [0.717, 1.165) is 22.3 Å². The molecular formula is C28H37NO6. The smallest absolute Gasteiger partial charge is 0.217 e. The average molecular weight is 484 g/mol. The quantitative estimate of drug-likeness (QED) is 0.686. The number of ketones is 1. The van der Waals surface area contributed by atoms with Crippen molar-refractivity contribution >= 4 is 17.3 Å². The van der Waals surface area contributed by atoms with Gasteiger partial charge in [-0.05, 0) is 41.0 Å². The fraction of sp³-hybridized carbons (Fsp3) is 0.643. The van der Waals surface area contributed by atoms with Gasteiger partial charge in [0.05, 0.1) is 33.3 Å². The van der Waals surface area contributed by atoms with E-state index in [2.05, 4.69) is 33.0 Å². The van der Waals surface area contributed by atoms with Gasteiger partial charge in [-0.2, -0.15) is 0 Å². The molecule has 4 aliphatic carbocycles. The predicted octanol–water partition coefficient (Wildman–Crippen LogP) is 3.81. The maximum atomic E-state index is 14.2. The molecule has 5 atom stereocenters. The lowest BCUT2D eigenvalue weighted by Gasteiger charge is -2.69. The van der Waals surface area contributed by atoms with Crippen molar-refractivity contribution < 1.29 is 28.5 Å². The number of methoxy groups -OCH3 is 4. The predicted molar refractivity (Wildman–Crippen MR) is 132 cm³/mol. The number of nitrogens with one attached hydrogen (secondary N) is 1. The summed E-state index contributed by atoms with van der Waals surface area (Å²) >= 11 is 0. The Balaban J connectivity index is 1.79. The van der Waals surface area contributed by atoms with E-state index in [4.69, 9.17) is 18.9 Å². The van der Waals surface area contributed by atoms with Gasteiger partial charge in [0.1, 0.15) is 5.60 Å². The number of allylic oxidation sites excluding steroid dienone is 1. The van der Waals surface area contributed by atoms with E-state index in [9.17, 15) is 9.59 Å². The van der Waals surface area contributed by atoms with Gasteiger partial charge in [-0.3, -0.25) is 9.59 Å². The van der Waals surface area contributed by atoms with Crippen LogP contribution in [0.1, 0.15) is 52.2 Å². The summed E-state index contributed by atoms with van der Waals surface area (Å²) in [5, 5.41) is 3.14. The van der Waals surface area contributed by atoms with Crippen LogP contribution in [0.5, 0.6) is 17.2 Å². The first-order valence-electron chi connectivity index (χ1n) is 12.4. The van der Waals surface area contributed by atoms with Gasteiger partial charge in [0.15, 0.2) is 17.3 Å². The van der Waals surface area contributed by atoms with Crippen LogP contribution in [0.4, 0.5) is 0 Å². The van der Waals surface area contributed by atoms with Crippen LogP contribution in [0.2, 0.25) is 0 Å². The summed E-state index contributed by atoms with van der Waals surface area (Å²) in [6.45, 7) is 10.3. The summed E-state index contributed by atoms with van der Waals surface area (Å²) in [6, 6.07) is 1.79. The normalized spacial score (nSPS) is 33.2. The number of carbonyl (C=O) groups is 2. The van der Waals surface area contributed by atoms with Crippen molar-refractivity contribution in [2.24, 2.45) is 28.6 Å². The van der Waals surface area contributed by atoms with Crippen LogP contribution in [-0.4, -0.2) is 51.8 Å². The second kappa shape index (κ2) is 7.48. The highest BCUT2D eigenvalue weighted by Crippen LogP contribution is 2.80. The molecule has 0 aromatic heterocycles. The van der Waals surface area contributed by atoms with Crippen LogP contribution >= 0.6 is 0 Å². The van der Waals surface area contributed by atoms with Crippen LogP contribution in [0, 0.1) is 28.6 Å². The van der Waals surface area contributed by atoms with Gasteiger partial charge in [-0.1, -0.05) is 27.7 Å². The molecule has 0 radical (unpaired) electrons. The van der Waals surface area contributed by atoms with E-state index in [-0.39, 0.29) is 46.3 Å². The Bertz CT molecular complexity index is 1160. The second-order valence-electron chi connectivity index (χ2n) is 11.5. The van der Waals surface area contributed by atoms with E-state index in [1.807, 2.05) is 6.07 Å². The maximum absolute atomic E-state index is 14.2. The molecular weight excluding hydrogens is 446 g/mol. The van der Waals surface area contributed by atoms with Crippen LogP contribution in [-0.2, 0) is 20.7 Å². The van der Waals surface area contributed by atoms with E-state index < -0.39 is 5.60 Å². The summed E-state index contributed by atoms with van der Waals surface area (Å²) in [6.07, 6.45) is 1.41. The highest BCUT2D eigenvalue weighted by atomic mass is 16.5. The number of rotatable bonds is 5. The Kier molecular flexibility index (Phi) is 5.17. The first-order valence-corrected chi connectivity index (χ1v) is 12.4. The minimum atomic E-state index is -0.858. The van der Waals surface area contributed by atoms with Crippen molar-refractivity contribution in [2.75, 3.05) is 28.4 Å². The van der Waals surface area contributed by atoms with E-state index in [1.165, 1.54) is 6.92 Å². The third-order valence-electron chi connectivity index (χ3n) is 10.1. The van der Waals surface area contributed by atoms with Gasteiger partial charge >= 0.3 is 0 Å². The Morgan fingerprint density at radius 3 is 2.23 bits per heavy atom. The summed E-state index contributed by atoms with van der Waals surface area (Å²) < 4.78 is 23.5. The van der Waals surface area contributed by atoms with Crippen LogP contribution in [0.25, 0.3) is 5.57 Å². The van der Waals surface area contributed by atoms with Gasteiger partial charge < -0.3 is 24.3 Å². The number of fused-ring (bicyclic) bond motifs is 7. The zero-order valence-corrected chi connectivity index (χ0v) is 22.3. The topological polar surface area (TPSA) is 83.1 Å². The van der Waals surface area contributed by atoms with Crippen molar-refractivity contribution in [1.29, 1.82) is 0 Å². The molecule has 0 spiro atoms. The summed E-state index contributed by atoms with van der Waals surface area (Å²) in [4.78, 5) is 26.5. The van der Waals surface area contributed by atoms with Crippen LogP contribution in [0.3, 0.4) is 0 Å². The molecule has 1 aromatic carbocycles. The van der Waals surface area contributed by atoms with Crippen molar-refractivity contribution in [1.82, 2.24) is 5.32 Å². The Labute approximate surface area is 207 Å². The van der Waals surface area contributed by atoms with E-state index >= 15 is 0 Å². The molecule has 7 heteroatoms. The zero-order chi connectivity index (χ0) is 25.7. The number of Topliss-reactive ketones (excluding diaryl/α,β-unsaturated/α-hetero) is 1. The Morgan fingerprint density at radius 1 is 1.03 bits per heavy atom. The number of amides is 1. The molecule has 7 nitrogen and oxygen atoms in total. The standard InChI is InChI=1S/C28H37NO6/c1-13(30)29-15-11-10-14-12-16(32-6)22(33-7)23(34-8)17(14)19-18(15)21-20(19)24-26(2,3)27(4,5)28(24,35-9)25(21)31/h12,15,20-21,24H,10-11H2,1-9H3,(H,29,30). The van der Waals surface area contributed by atoms with Gasteiger partial charge in [0.25, 0.3) is 0 Å². The Hall–Kier alpha value is -2.54. The number of hydrogen-bond donors (Lipinski definition) is 1. The largest absolute Gasteiger partial charge is 0.493 e. The molecule has 1 aromatic rings. The number of benzene rings is 1. The zero-order valence-electron chi connectivity index (χ0n) is 22.3. The summed E-state index contributed by atoms with van der Waals surface area (Å²) in [5.41, 5.74) is 2.87. The van der Waals surface area contributed by atoms with E-state index in [0.29, 0.717) is 30.1 Å². The molecule has 0 saturated heterocycles. The number of aryl methyl sites for hydroxylation is 1. The molecule has 190 valence electrons. The second-order valence-corrected chi connectivity index (χ2v) is 11.5. The minimum absolute atomic E-state index is 0.0133. The monoisotopic (exact) mass is 483 g/mol. The molecule has 0 bridgehead atoms. The Morgan fingerprint density at radius 2 is 1.69 bits per heavy atom. The minimum Gasteiger partial charge on any atom is -0.493 e. The fourth-order valence-electron chi connectivity index (χ4n) is 8.12. The first-order chi connectivity index (χ1) is 16.5. The number of ether oxygens (including phenoxy) is 4. The maximum Gasteiger partial charge on any atom is 0.217 e. The number of hydrogen-bond acceptors (Lipinski definition) is 6. The molecule has 35 heavy (non-hydrogen) atoms. The van der Waals surface area contributed by atoms with Gasteiger partial charge in [-0.15, -0.1) is 0 Å². The van der Waals surface area contributed by atoms with Crippen LogP contribution in [0.15, 0.2) is 11.6 Å². The van der Waals surface area contributed by atoms with E-state index in [1.54, 1.807) is 28.4 Å². The average Bonchev–Trinajstić information content (AvgIpc) is 2.92.